The van der Waals surface area contributed by atoms with Crippen LogP contribution in [0.5, 0.6) is 0 Å². The summed E-state index contributed by atoms with van der Waals surface area (Å²) in [4.78, 5) is 0. The summed E-state index contributed by atoms with van der Waals surface area (Å²) in [6, 6.07) is 31.2. The van der Waals surface area contributed by atoms with Gasteiger partial charge in [-0.3, -0.25) is 0 Å². The van der Waals surface area contributed by atoms with Gasteiger partial charge in [0.1, 0.15) is 5.60 Å². The van der Waals surface area contributed by atoms with Crippen molar-refractivity contribution >= 4 is 0 Å². The van der Waals surface area contributed by atoms with Crippen LogP contribution in [0.1, 0.15) is 23.1 Å². The lowest BCUT2D eigenvalue weighted by Crippen LogP contribution is -2.34. The third kappa shape index (κ3) is 3.74. The van der Waals surface area contributed by atoms with Crippen LogP contribution in [0.2, 0.25) is 0 Å². The Morgan fingerprint density at radius 2 is 1.25 bits per heavy atom. The second kappa shape index (κ2) is 8.70. The molecule has 4 rings (SSSR count). The largest absolute Gasteiger partial charge is 0.394 e. The van der Waals surface area contributed by atoms with E-state index in [2.05, 4.69) is 72.8 Å². The quantitative estimate of drug-likeness (QED) is 0.623. The monoisotopic (exact) mass is 374 g/mol. The van der Waals surface area contributed by atoms with Crippen molar-refractivity contribution in [1.82, 2.24) is 0 Å². The number of hydrogen-bond donors (Lipinski definition) is 1. The first-order chi connectivity index (χ1) is 13.8. The number of aliphatic hydroxyl groups excluding tert-OH is 1. The predicted octanol–water partition coefficient (Wildman–Crippen LogP) is 4.39. The Balaban J connectivity index is 1.77. The van der Waals surface area contributed by atoms with Crippen LogP contribution in [-0.4, -0.2) is 31.0 Å². The summed E-state index contributed by atoms with van der Waals surface area (Å²) in [6.45, 7) is 1.26. The van der Waals surface area contributed by atoms with Crippen LogP contribution in [-0.2, 0) is 15.1 Å². The average Bonchev–Trinajstić information content (AvgIpc) is 3.25. The zero-order valence-corrected chi connectivity index (χ0v) is 15.9. The normalized spacial score (nSPS) is 19.6. The number of aliphatic hydroxyl groups is 1. The molecular weight excluding hydrogens is 348 g/mol. The van der Waals surface area contributed by atoms with Crippen LogP contribution in [0.15, 0.2) is 91.0 Å². The lowest BCUT2D eigenvalue weighted by Gasteiger charge is -2.36. The molecule has 1 heterocycles. The first-order valence-electron chi connectivity index (χ1n) is 9.86. The Morgan fingerprint density at radius 3 is 1.64 bits per heavy atom. The van der Waals surface area contributed by atoms with E-state index in [-0.39, 0.29) is 18.6 Å². The lowest BCUT2D eigenvalue weighted by atomic mass is 9.80. The van der Waals surface area contributed by atoms with E-state index in [1.807, 2.05) is 18.2 Å². The van der Waals surface area contributed by atoms with Gasteiger partial charge in [0.25, 0.3) is 0 Å². The molecule has 1 N–H and O–H groups in total. The van der Waals surface area contributed by atoms with Crippen LogP contribution in [0.25, 0.3) is 0 Å². The Kier molecular flexibility index (Phi) is 5.87. The minimum Gasteiger partial charge on any atom is -0.394 e. The van der Waals surface area contributed by atoms with Gasteiger partial charge in [0.05, 0.1) is 25.9 Å². The molecule has 0 spiro atoms. The van der Waals surface area contributed by atoms with Gasteiger partial charge in [-0.2, -0.15) is 0 Å². The van der Waals surface area contributed by atoms with Gasteiger partial charge in [-0.1, -0.05) is 91.0 Å². The van der Waals surface area contributed by atoms with Gasteiger partial charge in [0, 0.05) is 5.92 Å². The highest BCUT2D eigenvalue weighted by Crippen LogP contribution is 2.41. The third-order valence-electron chi connectivity index (χ3n) is 5.44. The minimum atomic E-state index is -0.693. The predicted molar refractivity (Wildman–Crippen MR) is 110 cm³/mol. The number of rotatable bonds is 7. The van der Waals surface area contributed by atoms with Crippen molar-refractivity contribution in [2.75, 3.05) is 19.8 Å². The summed E-state index contributed by atoms with van der Waals surface area (Å²) in [5, 5.41) is 9.38. The number of hydrogen-bond acceptors (Lipinski definition) is 3. The lowest BCUT2D eigenvalue weighted by molar-refractivity contribution is -0.0106. The third-order valence-corrected chi connectivity index (χ3v) is 5.44. The minimum absolute atomic E-state index is 0.0672. The molecule has 0 aliphatic carbocycles. The van der Waals surface area contributed by atoms with Gasteiger partial charge < -0.3 is 14.6 Å². The fraction of sp³-hybridized carbons (Fsp3) is 0.280. The van der Waals surface area contributed by atoms with Gasteiger partial charge in [-0.25, -0.2) is 0 Å². The van der Waals surface area contributed by atoms with Crippen LogP contribution < -0.4 is 0 Å². The Bertz CT molecular complexity index is 752. The van der Waals surface area contributed by atoms with E-state index in [1.54, 1.807) is 0 Å². The molecule has 0 radical (unpaired) electrons. The summed E-state index contributed by atoms with van der Waals surface area (Å²) >= 11 is 0. The maximum absolute atomic E-state index is 9.38. The average molecular weight is 374 g/mol. The summed E-state index contributed by atoms with van der Waals surface area (Å²) in [5.41, 5.74) is 2.61. The molecule has 1 aliphatic rings. The van der Waals surface area contributed by atoms with Crippen LogP contribution in [0, 0.1) is 5.92 Å². The van der Waals surface area contributed by atoms with E-state index >= 15 is 0 Å². The molecule has 1 saturated heterocycles. The van der Waals surface area contributed by atoms with Gasteiger partial charge >= 0.3 is 0 Å². The second-order valence-corrected chi connectivity index (χ2v) is 7.33. The van der Waals surface area contributed by atoms with Crippen LogP contribution in [0.4, 0.5) is 0 Å². The van der Waals surface area contributed by atoms with E-state index in [4.69, 9.17) is 9.47 Å². The smallest absolute Gasteiger partial charge is 0.143 e. The first kappa shape index (κ1) is 18.9. The van der Waals surface area contributed by atoms with Crippen molar-refractivity contribution in [1.29, 1.82) is 0 Å². The fourth-order valence-corrected chi connectivity index (χ4v) is 4.03. The van der Waals surface area contributed by atoms with Gasteiger partial charge in [0.15, 0.2) is 0 Å². The highest BCUT2D eigenvalue weighted by molar-refractivity contribution is 5.47. The maximum Gasteiger partial charge on any atom is 0.143 e. The van der Waals surface area contributed by atoms with Crippen molar-refractivity contribution < 1.29 is 14.6 Å². The second-order valence-electron chi connectivity index (χ2n) is 7.33. The molecule has 3 nitrogen and oxygen atoms in total. The van der Waals surface area contributed by atoms with Crippen molar-refractivity contribution in [2.45, 2.75) is 18.1 Å². The van der Waals surface area contributed by atoms with Crippen LogP contribution in [0.3, 0.4) is 0 Å². The molecule has 0 amide bonds. The maximum atomic E-state index is 9.38. The highest BCUT2D eigenvalue weighted by atomic mass is 16.5. The van der Waals surface area contributed by atoms with E-state index in [0.29, 0.717) is 13.2 Å². The van der Waals surface area contributed by atoms with Crippen LogP contribution >= 0.6 is 0 Å². The summed E-state index contributed by atoms with van der Waals surface area (Å²) < 4.78 is 12.5. The molecule has 3 aromatic carbocycles. The molecule has 2 atom stereocenters. The van der Waals surface area contributed by atoms with E-state index < -0.39 is 5.60 Å². The van der Waals surface area contributed by atoms with E-state index in [0.717, 1.165) is 23.1 Å². The molecule has 144 valence electrons. The molecular formula is C25H26O3. The standard InChI is InChI=1S/C25H26O3/c26-17-24-16-20(18-27-24)19-28-25(21-10-4-1-5-11-21,22-12-6-2-7-13-22)23-14-8-3-9-15-23/h1-15,20,24,26H,16-19H2/t20-,24+/m0/s1. The number of benzene rings is 3. The molecule has 1 aliphatic heterocycles. The highest BCUT2D eigenvalue weighted by Gasteiger charge is 2.39. The van der Waals surface area contributed by atoms with E-state index in [9.17, 15) is 5.11 Å². The number of ether oxygens (including phenoxy) is 2. The summed E-state index contributed by atoms with van der Waals surface area (Å²) in [6.07, 6.45) is 0.749. The molecule has 1 fully saturated rings. The molecule has 0 saturated carbocycles. The zero-order chi connectivity index (χ0) is 19.2. The van der Waals surface area contributed by atoms with E-state index in [1.165, 1.54) is 0 Å². The summed E-state index contributed by atoms with van der Waals surface area (Å²) in [7, 11) is 0. The molecule has 0 aromatic heterocycles. The Labute approximate surface area is 166 Å². The fourth-order valence-electron chi connectivity index (χ4n) is 4.03. The first-order valence-corrected chi connectivity index (χ1v) is 9.86. The Morgan fingerprint density at radius 1 is 0.786 bits per heavy atom. The van der Waals surface area contributed by atoms with Gasteiger partial charge in [-0.15, -0.1) is 0 Å². The van der Waals surface area contributed by atoms with Crippen molar-refractivity contribution in [3.8, 4) is 0 Å². The van der Waals surface area contributed by atoms with Gasteiger partial charge in [0.2, 0.25) is 0 Å². The zero-order valence-electron chi connectivity index (χ0n) is 15.9. The molecule has 0 bridgehead atoms. The van der Waals surface area contributed by atoms with Crippen molar-refractivity contribution in [3.05, 3.63) is 108 Å². The molecule has 28 heavy (non-hydrogen) atoms. The molecule has 0 unspecified atom stereocenters. The molecule has 3 heteroatoms. The molecule has 3 aromatic rings. The van der Waals surface area contributed by atoms with Crippen molar-refractivity contribution in [2.24, 2.45) is 5.92 Å². The SMILES string of the molecule is OC[C@H]1C[C@H](COC(c2ccccc2)(c2ccccc2)c2ccccc2)CO1. The summed E-state index contributed by atoms with van der Waals surface area (Å²) in [5.74, 6) is 0.271. The van der Waals surface area contributed by atoms with Gasteiger partial charge in [-0.05, 0) is 23.1 Å². The Hall–Kier alpha value is -2.46. The topological polar surface area (TPSA) is 38.7 Å². The van der Waals surface area contributed by atoms with Crippen molar-refractivity contribution in [3.63, 3.8) is 0 Å².